The lowest BCUT2D eigenvalue weighted by atomic mass is 10.4. The molecule has 0 aliphatic rings. The summed E-state index contributed by atoms with van der Waals surface area (Å²) < 4.78 is 32.6. The number of hydrogen-bond donors (Lipinski definition) is 1. The van der Waals surface area contributed by atoms with Crippen molar-refractivity contribution in [3.05, 3.63) is 15.8 Å². The van der Waals surface area contributed by atoms with Gasteiger partial charge in [0.15, 0.2) is 0 Å². The first-order valence-electron chi connectivity index (χ1n) is 5.74. The molecule has 0 radical (unpaired) electrons. The van der Waals surface area contributed by atoms with E-state index in [1.54, 1.807) is 6.92 Å². The predicted octanol–water partition coefficient (Wildman–Crippen LogP) is 1.29. The number of carbonyl (C=O) groups is 1. The highest BCUT2D eigenvalue weighted by Gasteiger charge is 2.19. The van der Waals surface area contributed by atoms with Gasteiger partial charge in [0.1, 0.15) is 11.5 Å². The summed E-state index contributed by atoms with van der Waals surface area (Å²) in [6.45, 7) is 4.65. The number of thiophene rings is 1. The Hall–Kier alpha value is -0.960. The van der Waals surface area contributed by atoms with Crippen LogP contribution < -0.4 is 5.14 Å². The highest BCUT2D eigenvalue weighted by Crippen LogP contribution is 2.25. The van der Waals surface area contributed by atoms with Crippen LogP contribution in [-0.2, 0) is 19.5 Å². The van der Waals surface area contributed by atoms with Crippen LogP contribution in [0, 0.1) is 6.92 Å². The van der Waals surface area contributed by atoms with Gasteiger partial charge in [0.25, 0.3) is 0 Å². The molecular weight excluding hydrogens is 290 g/mol. The van der Waals surface area contributed by atoms with Crippen molar-refractivity contribution in [2.75, 3.05) is 19.8 Å². The van der Waals surface area contributed by atoms with Crippen LogP contribution in [0.1, 0.15) is 27.9 Å². The quantitative estimate of drug-likeness (QED) is 0.605. The van der Waals surface area contributed by atoms with Crippen molar-refractivity contribution < 1.29 is 22.7 Å². The SMILES string of the molecule is CCCOCCOC(=O)c1cc(S(N)(=O)=O)c(C)s1. The fourth-order valence-corrected chi connectivity index (χ4v) is 3.40. The summed E-state index contributed by atoms with van der Waals surface area (Å²) in [5.41, 5.74) is 0. The first-order chi connectivity index (χ1) is 8.86. The van der Waals surface area contributed by atoms with Crippen LogP contribution in [0.3, 0.4) is 0 Å². The molecule has 0 aliphatic carbocycles. The van der Waals surface area contributed by atoms with E-state index in [1.807, 2.05) is 6.92 Å². The molecule has 1 aromatic heterocycles. The van der Waals surface area contributed by atoms with Gasteiger partial charge in [-0.25, -0.2) is 18.4 Å². The highest BCUT2D eigenvalue weighted by molar-refractivity contribution is 7.89. The smallest absolute Gasteiger partial charge is 0.348 e. The molecule has 8 heteroatoms. The van der Waals surface area contributed by atoms with E-state index < -0.39 is 16.0 Å². The summed E-state index contributed by atoms with van der Waals surface area (Å²) in [4.78, 5) is 12.3. The number of nitrogens with two attached hydrogens (primary N) is 1. The summed E-state index contributed by atoms with van der Waals surface area (Å²) >= 11 is 1.04. The molecule has 108 valence electrons. The maximum Gasteiger partial charge on any atom is 0.348 e. The summed E-state index contributed by atoms with van der Waals surface area (Å²) in [7, 11) is -3.80. The molecule has 0 aliphatic heterocycles. The van der Waals surface area contributed by atoms with Gasteiger partial charge in [-0.2, -0.15) is 0 Å². The molecule has 2 N–H and O–H groups in total. The van der Waals surface area contributed by atoms with E-state index in [4.69, 9.17) is 14.6 Å². The Labute approximate surface area is 116 Å². The standard InChI is InChI=1S/C11H17NO5S2/c1-3-4-16-5-6-17-11(13)9-7-10(8(2)18-9)19(12,14)15/h7H,3-6H2,1-2H3,(H2,12,14,15). The fraction of sp³-hybridized carbons (Fsp3) is 0.545. The minimum Gasteiger partial charge on any atom is -0.459 e. The lowest BCUT2D eigenvalue weighted by Crippen LogP contribution is -2.12. The average molecular weight is 307 g/mol. The van der Waals surface area contributed by atoms with Crippen molar-refractivity contribution in [3.63, 3.8) is 0 Å². The average Bonchev–Trinajstić information content (AvgIpc) is 2.70. The molecule has 6 nitrogen and oxygen atoms in total. The molecule has 1 heterocycles. The Balaban J connectivity index is 2.59. The molecule has 0 saturated heterocycles. The van der Waals surface area contributed by atoms with Gasteiger partial charge >= 0.3 is 5.97 Å². The van der Waals surface area contributed by atoms with Gasteiger partial charge in [-0.3, -0.25) is 0 Å². The van der Waals surface area contributed by atoms with Crippen molar-refractivity contribution in [1.82, 2.24) is 0 Å². The van der Waals surface area contributed by atoms with E-state index in [0.717, 1.165) is 17.8 Å². The third kappa shape index (κ3) is 4.90. The molecule has 1 rings (SSSR count). The topological polar surface area (TPSA) is 95.7 Å². The second-order valence-electron chi connectivity index (χ2n) is 3.82. The van der Waals surface area contributed by atoms with Gasteiger partial charge in [0, 0.05) is 11.5 Å². The molecule has 0 amide bonds. The van der Waals surface area contributed by atoms with Crippen LogP contribution in [0.5, 0.6) is 0 Å². The Kier molecular flexibility index (Phi) is 5.92. The molecule has 0 spiro atoms. The number of esters is 1. The molecule has 1 aromatic rings. The number of rotatable bonds is 7. The van der Waals surface area contributed by atoms with Crippen LogP contribution >= 0.6 is 11.3 Å². The van der Waals surface area contributed by atoms with Gasteiger partial charge < -0.3 is 9.47 Å². The fourth-order valence-electron chi connectivity index (χ4n) is 1.36. The van der Waals surface area contributed by atoms with Gasteiger partial charge in [0.05, 0.1) is 11.5 Å². The molecule has 0 saturated carbocycles. The summed E-state index contributed by atoms with van der Waals surface area (Å²) in [6.07, 6.45) is 0.899. The zero-order valence-corrected chi connectivity index (χ0v) is 12.5. The number of aryl methyl sites for hydroxylation is 1. The van der Waals surface area contributed by atoms with Gasteiger partial charge in [0.2, 0.25) is 10.0 Å². The van der Waals surface area contributed by atoms with Crippen molar-refractivity contribution >= 4 is 27.3 Å². The van der Waals surface area contributed by atoms with E-state index in [9.17, 15) is 13.2 Å². The number of hydrogen-bond acceptors (Lipinski definition) is 6. The minimum atomic E-state index is -3.80. The van der Waals surface area contributed by atoms with Crippen molar-refractivity contribution in [2.45, 2.75) is 25.2 Å². The molecule has 0 bridgehead atoms. The van der Waals surface area contributed by atoms with Crippen LogP contribution in [0.15, 0.2) is 11.0 Å². The predicted molar refractivity (Wildman–Crippen MR) is 71.8 cm³/mol. The lowest BCUT2D eigenvalue weighted by Gasteiger charge is -2.03. The largest absolute Gasteiger partial charge is 0.459 e. The molecular formula is C11H17NO5S2. The zero-order chi connectivity index (χ0) is 14.5. The molecule has 0 aromatic carbocycles. The maximum atomic E-state index is 11.7. The summed E-state index contributed by atoms with van der Waals surface area (Å²) in [5.74, 6) is -0.567. The third-order valence-electron chi connectivity index (χ3n) is 2.19. The number of ether oxygens (including phenoxy) is 2. The Morgan fingerprint density at radius 2 is 2.05 bits per heavy atom. The van der Waals surface area contributed by atoms with Crippen LogP contribution in [0.4, 0.5) is 0 Å². The van der Waals surface area contributed by atoms with E-state index in [0.29, 0.717) is 18.1 Å². The van der Waals surface area contributed by atoms with Crippen LogP contribution in [0.2, 0.25) is 0 Å². The van der Waals surface area contributed by atoms with Crippen LogP contribution in [-0.4, -0.2) is 34.2 Å². The number of sulfonamides is 1. The number of primary sulfonamides is 1. The monoisotopic (exact) mass is 307 g/mol. The zero-order valence-electron chi connectivity index (χ0n) is 10.8. The number of carbonyl (C=O) groups excluding carboxylic acids is 1. The normalized spacial score (nSPS) is 11.5. The van der Waals surface area contributed by atoms with E-state index in [-0.39, 0.29) is 16.4 Å². The highest BCUT2D eigenvalue weighted by atomic mass is 32.2. The molecule has 0 atom stereocenters. The van der Waals surface area contributed by atoms with Crippen molar-refractivity contribution in [3.8, 4) is 0 Å². The molecule has 0 unspecified atom stereocenters. The van der Waals surface area contributed by atoms with Crippen molar-refractivity contribution in [2.24, 2.45) is 5.14 Å². The molecule has 0 fully saturated rings. The van der Waals surface area contributed by atoms with E-state index in [2.05, 4.69) is 0 Å². The van der Waals surface area contributed by atoms with Crippen molar-refractivity contribution in [1.29, 1.82) is 0 Å². The maximum absolute atomic E-state index is 11.7. The van der Waals surface area contributed by atoms with E-state index >= 15 is 0 Å². The van der Waals surface area contributed by atoms with Gasteiger partial charge in [-0.05, 0) is 19.4 Å². The Morgan fingerprint density at radius 3 is 2.58 bits per heavy atom. The second kappa shape index (κ2) is 6.99. The van der Waals surface area contributed by atoms with Crippen LogP contribution in [0.25, 0.3) is 0 Å². The third-order valence-corrected chi connectivity index (χ3v) is 4.39. The Morgan fingerprint density at radius 1 is 1.37 bits per heavy atom. The lowest BCUT2D eigenvalue weighted by molar-refractivity contribution is 0.0323. The first-order valence-corrected chi connectivity index (χ1v) is 8.10. The molecule has 19 heavy (non-hydrogen) atoms. The minimum absolute atomic E-state index is 0.0355. The van der Waals surface area contributed by atoms with E-state index in [1.165, 1.54) is 6.07 Å². The van der Waals surface area contributed by atoms with Gasteiger partial charge in [-0.1, -0.05) is 6.92 Å². The summed E-state index contributed by atoms with van der Waals surface area (Å²) in [5, 5.41) is 5.03. The Bertz CT molecular complexity index is 535. The summed E-state index contributed by atoms with van der Waals surface area (Å²) in [6, 6.07) is 1.24. The van der Waals surface area contributed by atoms with Gasteiger partial charge in [-0.15, -0.1) is 11.3 Å². The first kappa shape index (κ1) is 16.1. The second-order valence-corrected chi connectivity index (χ2v) is 6.61.